The molecule has 4 nitrogen and oxygen atoms in total. The van der Waals surface area contributed by atoms with Gasteiger partial charge in [-0.1, -0.05) is 37.3 Å². The number of ketones is 1. The van der Waals surface area contributed by atoms with Crippen molar-refractivity contribution in [3.8, 4) is 0 Å². The van der Waals surface area contributed by atoms with Crippen LogP contribution in [0, 0.1) is 5.41 Å². The number of esters is 1. The predicted molar refractivity (Wildman–Crippen MR) is 76.1 cm³/mol. The Morgan fingerprint density at radius 2 is 2.05 bits per heavy atom. The molecule has 20 heavy (non-hydrogen) atoms. The zero-order valence-corrected chi connectivity index (χ0v) is 12.1. The Morgan fingerprint density at radius 3 is 2.70 bits per heavy atom. The van der Waals surface area contributed by atoms with E-state index in [1.165, 1.54) is 12.7 Å². The number of carbonyl (C=O) groups excluding carboxylic acids is 2. The summed E-state index contributed by atoms with van der Waals surface area (Å²) in [5.41, 5.74) is 0.599. The highest BCUT2D eigenvalue weighted by atomic mass is 16.5. The third-order valence-corrected chi connectivity index (χ3v) is 3.91. The van der Waals surface area contributed by atoms with Crippen molar-refractivity contribution in [2.24, 2.45) is 5.41 Å². The zero-order chi connectivity index (χ0) is 14.6. The minimum Gasteiger partial charge on any atom is -0.469 e. The fourth-order valence-electron chi connectivity index (χ4n) is 2.74. The molecule has 1 aromatic rings. The number of likely N-dealkylation sites (tertiary alicyclic amines) is 1. The molecular weight excluding hydrogens is 254 g/mol. The molecular formula is C16H21NO3. The van der Waals surface area contributed by atoms with Crippen molar-refractivity contribution in [2.75, 3.05) is 20.2 Å². The van der Waals surface area contributed by atoms with Gasteiger partial charge in [0.15, 0.2) is 0 Å². The maximum atomic E-state index is 12.1. The van der Waals surface area contributed by atoms with Gasteiger partial charge in [0.1, 0.15) is 5.78 Å². The number of carbonyl (C=O) groups is 2. The normalized spacial score (nSPS) is 23.6. The average molecular weight is 275 g/mol. The van der Waals surface area contributed by atoms with Gasteiger partial charge in [-0.2, -0.15) is 0 Å². The first kappa shape index (κ1) is 14.7. The number of methoxy groups -OCH3 is 1. The molecule has 0 amide bonds. The molecule has 0 aliphatic carbocycles. The number of ether oxygens (including phenoxy) is 1. The van der Waals surface area contributed by atoms with E-state index >= 15 is 0 Å². The van der Waals surface area contributed by atoms with Crippen LogP contribution in [-0.2, 0) is 20.9 Å². The molecule has 0 N–H and O–H groups in total. The molecule has 1 fully saturated rings. The number of hydrogen-bond acceptors (Lipinski definition) is 4. The van der Waals surface area contributed by atoms with Gasteiger partial charge in [0.25, 0.3) is 0 Å². The van der Waals surface area contributed by atoms with E-state index in [0.29, 0.717) is 13.0 Å². The maximum absolute atomic E-state index is 12.1. The lowest BCUT2D eigenvalue weighted by molar-refractivity contribution is -0.149. The summed E-state index contributed by atoms with van der Waals surface area (Å²) in [6.45, 7) is 4.04. The zero-order valence-electron chi connectivity index (χ0n) is 12.1. The van der Waals surface area contributed by atoms with Crippen molar-refractivity contribution in [3.63, 3.8) is 0 Å². The van der Waals surface area contributed by atoms with Crippen LogP contribution in [0.1, 0.15) is 25.3 Å². The second-order valence-electron chi connectivity index (χ2n) is 5.68. The van der Waals surface area contributed by atoms with Crippen molar-refractivity contribution >= 4 is 11.8 Å². The van der Waals surface area contributed by atoms with E-state index in [1.54, 1.807) is 0 Å². The minimum absolute atomic E-state index is 0.159. The van der Waals surface area contributed by atoms with Crippen LogP contribution in [0.3, 0.4) is 0 Å². The molecule has 0 spiro atoms. The third-order valence-electron chi connectivity index (χ3n) is 3.91. The van der Waals surface area contributed by atoms with Crippen molar-refractivity contribution in [1.82, 2.24) is 4.90 Å². The number of rotatable bonds is 4. The number of nitrogens with zero attached hydrogens (tertiary/aromatic N) is 1. The summed E-state index contributed by atoms with van der Waals surface area (Å²) < 4.78 is 4.71. The molecule has 108 valence electrons. The summed E-state index contributed by atoms with van der Waals surface area (Å²) in [5.74, 6) is -0.158. The lowest BCUT2D eigenvalue weighted by atomic mass is 9.77. The van der Waals surface area contributed by atoms with E-state index in [9.17, 15) is 9.59 Å². The first-order valence-electron chi connectivity index (χ1n) is 6.90. The van der Waals surface area contributed by atoms with Crippen LogP contribution in [-0.4, -0.2) is 36.9 Å². The van der Waals surface area contributed by atoms with Crippen molar-refractivity contribution < 1.29 is 14.3 Å². The fourth-order valence-corrected chi connectivity index (χ4v) is 2.74. The van der Waals surface area contributed by atoms with Crippen LogP contribution in [0.25, 0.3) is 0 Å². The summed E-state index contributed by atoms with van der Waals surface area (Å²) in [6, 6.07) is 10.2. The number of piperidine rings is 1. The van der Waals surface area contributed by atoms with Crippen molar-refractivity contribution in [3.05, 3.63) is 35.9 Å². The van der Waals surface area contributed by atoms with Gasteiger partial charge >= 0.3 is 5.97 Å². The number of Topliss-reactive ketones (excluding diaryl/α,β-unsaturated/α-hetero) is 1. The van der Waals surface area contributed by atoms with Gasteiger partial charge in [0, 0.05) is 31.5 Å². The minimum atomic E-state index is -0.625. The van der Waals surface area contributed by atoms with E-state index in [-0.39, 0.29) is 18.2 Å². The van der Waals surface area contributed by atoms with E-state index in [2.05, 4.69) is 17.0 Å². The van der Waals surface area contributed by atoms with E-state index in [1.807, 2.05) is 25.1 Å². The molecule has 0 radical (unpaired) electrons. The van der Waals surface area contributed by atoms with Crippen LogP contribution in [0.15, 0.2) is 30.3 Å². The van der Waals surface area contributed by atoms with Gasteiger partial charge in [-0.3, -0.25) is 14.5 Å². The molecule has 4 heteroatoms. The molecule has 1 aliphatic rings. The fraction of sp³-hybridized carbons (Fsp3) is 0.500. The molecule has 0 saturated carbocycles. The molecule has 1 unspecified atom stereocenters. The SMILES string of the molecule is COC(=O)CC1(C)CN(Cc2ccccc2)CCC1=O. The first-order valence-corrected chi connectivity index (χ1v) is 6.90. The smallest absolute Gasteiger partial charge is 0.306 e. The summed E-state index contributed by atoms with van der Waals surface area (Å²) in [7, 11) is 1.36. The van der Waals surface area contributed by atoms with Crippen molar-refractivity contribution in [2.45, 2.75) is 26.3 Å². The number of hydrogen-bond donors (Lipinski definition) is 0. The topological polar surface area (TPSA) is 46.6 Å². The molecule has 1 aliphatic heterocycles. The summed E-state index contributed by atoms with van der Waals surface area (Å²) in [4.78, 5) is 25.9. The summed E-state index contributed by atoms with van der Waals surface area (Å²) >= 11 is 0. The lowest BCUT2D eigenvalue weighted by Gasteiger charge is -2.38. The molecule has 1 atom stereocenters. The Balaban J connectivity index is 2.04. The summed E-state index contributed by atoms with van der Waals surface area (Å²) in [5, 5.41) is 0. The molecule has 0 bridgehead atoms. The second kappa shape index (κ2) is 6.18. The van der Waals surface area contributed by atoms with E-state index in [0.717, 1.165) is 13.1 Å². The van der Waals surface area contributed by atoms with Gasteiger partial charge in [-0.15, -0.1) is 0 Å². The highest BCUT2D eigenvalue weighted by molar-refractivity contribution is 5.89. The largest absolute Gasteiger partial charge is 0.469 e. The quantitative estimate of drug-likeness (QED) is 0.789. The monoisotopic (exact) mass is 275 g/mol. The van der Waals surface area contributed by atoms with Crippen LogP contribution in [0.2, 0.25) is 0 Å². The predicted octanol–water partition coefficient (Wildman–Crippen LogP) is 2.03. The highest BCUT2D eigenvalue weighted by Crippen LogP contribution is 2.31. The van der Waals surface area contributed by atoms with Gasteiger partial charge in [0.05, 0.1) is 13.5 Å². The molecule has 0 aromatic heterocycles. The van der Waals surface area contributed by atoms with E-state index in [4.69, 9.17) is 4.74 Å². The Morgan fingerprint density at radius 1 is 1.35 bits per heavy atom. The Kier molecular flexibility index (Phi) is 4.55. The van der Waals surface area contributed by atoms with E-state index < -0.39 is 5.41 Å². The second-order valence-corrected chi connectivity index (χ2v) is 5.68. The van der Waals surface area contributed by atoms with Crippen LogP contribution in [0.5, 0.6) is 0 Å². The number of benzene rings is 1. The molecule has 1 aromatic carbocycles. The molecule has 1 heterocycles. The van der Waals surface area contributed by atoms with Crippen LogP contribution in [0.4, 0.5) is 0 Å². The summed E-state index contributed by atoms with van der Waals surface area (Å²) in [6.07, 6.45) is 0.661. The van der Waals surface area contributed by atoms with Crippen LogP contribution < -0.4 is 0 Å². The lowest BCUT2D eigenvalue weighted by Crippen LogP contribution is -2.48. The van der Waals surface area contributed by atoms with Crippen LogP contribution >= 0.6 is 0 Å². The molecule has 2 rings (SSSR count). The Labute approximate surface area is 119 Å². The Bertz CT molecular complexity index is 486. The molecule has 1 saturated heterocycles. The van der Waals surface area contributed by atoms with Gasteiger partial charge in [-0.05, 0) is 5.56 Å². The maximum Gasteiger partial charge on any atom is 0.306 e. The van der Waals surface area contributed by atoms with Gasteiger partial charge < -0.3 is 4.74 Å². The van der Waals surface area contributed by atoms with Gasteiger partial charge in [-0.25, -0.2) is 0 Å². The van der Waals surface area contributed by atoms with Gasteiger partial charge in [0.2, 0.25) is 0 Å². The Hall–Kier alpha value is -1.68. The van der Waals surface area contributed by atoms with Crippen molar-refractivity contribution in [1.29, 1.82) is 0 Å². The standard InChI is InChI=1S/C16H21NO3/c1-16(10-15(19)20-2)12-17(9-8-14(16)18)11-13-6-4-3-5-7-13/h3-7H,8-12H2,1-2H3. The highest BCUT2D eigenvalue weighted by Gasteiger charge is 2.40. The average Bonchev–Trinajstić information content (AvgIpc) is 2.44. The third kappa shape index (κ3) is 3.45. The first-order chi connectivity index (χ1) is 9.53.